The van der Waals surface area contributed by atoms with Crippen LogP contribution in [0, 0.1) is 0 Å². The van der Waals surface area contributed by atoms with Crippen molar-refractivity contribution in [3.05, 3.63) is 34.9 Å². The molecule has 24 heavy (non-hydrogen) atoms. The number of amidine groups is 2. The third kappa shape index (κ3) is 2.59. The van der Waals surface area contributed by atoms with Gasteiger partial charge >= 0.3 is 11.3 Å². The van der Waals surface area contributed by atoms with E-state index < -0.39 is 18.0 Å². The van der Waals surface area contributed by atoms with E-state index in [-0.39, 0.29) is 23.5 Å². The van der Waals surface area contributed by atoms with Gasteiger partial charge in [0.05, 0.1) is 0 Å². The molecule has 1 aromatic carbocycles. The molecule has 0 spiro atoms. The topological polar surface area (TPSA) is 73.1 Å². The van der Waals surface area contributed by atoms with Crippen molar-refractivity contribution in [2.75, 3.05) is 20.6 Å². The maximum atomic E-state index is 12.5. The largest absolute Gasteiger partial charge is 0.394 e. The van der Waals surface area contributed by atoms with Crippen LogP contribution in [0.1, 0.15) is 10.4 Å². The lowest BCUT2D eigenvalue weighted by Crippen LogP contribution is -2.61. The van der Waals surface area contributed by atoms with E-state index in [4.69, 9.17) is 23.2 Å². The van der Waals surface area contributed by atoms with Crippen LogP contribution in [0.4, 0.5) is 4.79 Å². The molecule has 2 heterocycles. The summed E-state index contributed by atoms with van der Waals surface area (Å²) in [6.07, 6.45) is 0. The highest BCUT2D eigenvalue weighted by molar-refractivity contribution is 6.65. The molecular weight excluding hydrogens is 355 g/mol. The van der Waals surface area contributed by atoms with E-state index >= 15 is 0 Å². The molecule has 0 bridgehead atoms. The third-order valence-corrected chi connectivity index (χ3v) is 4.52. The van der Waals surface area contributed by atoms with Gasteiger partial charge in [-0.05, 0) is 29.3 Å². The quantitative estimate of drug-likeness (QED) is 0.460. The summed E-state index contributed by atoms with van der Waals surface area (Å²) in [6, 6.07) is 5.03. The second-order valence-corrected chi connectivity index (χ2v) is 6.21. The van der Waals surface area contributed by atoms with Gasteiger partial charge in [-0.3, -0.25) is 19.4 Å². The number of carbonyl (C=O) groups excluding carboxylic acids is 3. The lowest BCUT2D eigenvalue weighted by atomic mass is 10.1. The predicted octanol–water partition coefficient (Wildman–Crippen LogP) is 1.43. The zero-order valence-electron chi connectivity index (χ0n) is 12.9. The number of aliphatic imine (C=N–C) groups is 1. The number of benzene rings is 1. The Balaban J connectivity index is 1.88. The molecular formula is C15H13Cl2N4O3+. The summed E-state index contributed by atoms with van der Waals surface area (Å²) in [5.41, 5.74) is 0.443. The number of imide groups is 1. The summed E-state index contributed by atoms with van der Waals surface area (Å²) in [5, 5.41) is 0.521. The molecule has 0 aromatic heterocycles. The zero-order valence-corrected chi connectivity index (χ0v) is 14.4. The van der Waals surface area contributed by atoms with Crippen molar-refractivity contribution >= 4 is 52.1 Å². The first kappa shape index (κ1) is 16.6. The number of hydrogen-bond acceptors (Lipinski definition) is 4. The molecule has 0 saturated carbocycles. The van der Waals surface area contributed by atoms with E-state index in [0.29, 0.717) is 10.6 Å². The minimum Gasteiger partial charge on any atom is -0.290 e. The van der Waals surface area contributed by atoms with E-state index in [2.05, 4.69) is 4.99 Å². The molecule has 0 N–H and O–H groups in total. The van der Waals surface area contributed by atoms with Crippen LogP contribution in [0.15, 0.2) is 29.3 Å². The van der Waals surface area contributed by atoms with Gasteiger partial charge < -0.3 is 0 Å². The normalized spacial score (nSPS) is 20.5. The minimum atomic E-state index is -0.888. The van der Waals surface area contributed by atoms with Crippen LogP contribution >= 0.6 is 23.2 Å². The molecule has 1 saturated heterocycles. The number of urea groups is 1. The number of carbonyl (C=O) groups is 3. The Kier molecular flexibility index (Phi) is 4.15. The van der Waals surface area contributed by atoms with Gasteiger partial charge in [0, 0.05) is 36.3 Å². The first-order valence-corrected chi connectivity index (χ1v) is 7.78. The van der Waals surface area contributed by atoms with Crippen molar-refractivity contribution in [3.8, 4) is 0 Å². The third-order valence-electron chi connectivity index (χ3n) is 3.96. The van der Waals surface area contributed by atoms with Crippen LogP contribution in [0.25, 0.3) is 0 Å². The molecule has 0 radical (unpaired) electrons. The molecule has 3 amide bonds. The number of halogens is 2. The smallest absolute Gasteiger partial charge is 0.290 e. The molecule has 3 rings (SSSR count). The number of likely N-dealkylation sites (N-methyl/N-ethyl adjacent to an activating group) is 2. The van der Waals surface area contributed by atoms with Crippen molar-refractivity contribution in [1.29, 1.82) is 0 Å². The molecule has 1 unspecified atom stereocenters. The summed E-state index contributed by atoms with van der Waals surface area (Å²) in [7, 11) is 2.88. The highest BCUT2D eigenvalue weighted by Gasteiger charge is 2.53. The molecule has 7 nitrogen and oxygen atoms in total. The van der Waals surface area contributed by atoms with E-state index in [9.17, 15) is 14.4 Å². The summed E-state index contributed by atoms with van der Waals surface area (Å²) in [4.78, 5) is 43.2. The van der Waals surface area contributed by atoms with Crippen LogP contribution in [-0.2, 0) is 4.79 Å². The fourth-order valence-electron chi connectivity index (χ4n) is 2.61. The fraction of sp³-hybridized carbons (Fsp3) is 0.267. The van der Waals surface area contributed by atoms with Gasteiger partial charge in [-0.15, -0.1) is 0 Å². The Morgan fingerprint density at radius 3 is 2.42 bits per heavy atom. The van der Waals surface area contributed by atoms with Gasteiger partial charge in [0.25, 0.3) is 17.8 Å². The Morgan fingerprint density at radius 2 is 1.79 bits per heavy atom. The van der Waals surface area contributed by atoms with Crippen molar-refractivity contribution in [2.24, 2.45) is 4.99 Å². The van der Waals surface area contributed by atoms with Crippen molar-refractivity contribution in [1.82, 2.24) is 9.80 Å². The Bertz CT molecular complexity index is 817. The number of hydrogen-bond donors (Lipinski definition) is 0. The molecule has 9 heteroatoms. The van der Waals surface area contributed by atoms with Gasteiger partial charge in [0.2, 0.25) is 5.78 Å². The number of fused-ring (bicyclic) bond motifs is 1. The number of Topliss-reactive ketones (excluding diaryl/α,β-unsaturated/α-hetero) is 1. The van der Waals surface area contributed by atoms with E-state index in [0.717, 1.165) is 4.90 Å². The fourth-order valence-corrected chi connectivity index (χ4v) is 2.98. The first-order valence-electron chi connectivity index (χ1n) is 7.03. The second kappa shape index (κ2) is 5.99. The van der Waals surface area contributed by atoms with Crippen molar-refractivity contribution < 1.29 is 19.0 Å². The van der Waals surface area contributed by atoms with Gasteiger partial charge in [-0.2, -0.15) is 0 Å². The van der Waals surface area contributed by atoms with Gasteiger partial charge in [-0.1, -0.05) is 11.6 Å². The molecule has 124 valence electrons. The van der Waals surface area contributed by atoms with E-state index in [1.165, 1.54) is 23.6 Å². The number of ketones is 1. The highest BCUT2D eigenvalue weighted by atomic mass is 35.5. The van der Waals surface area contributed by atoms with E-state index in [1.54, 1.807) is 24.3 Å². The van der Waals surface area contributed by atoms with Gasteiger partial charge in [0.15, 0.2) is 6.54 Å². The zero-order chi connectivity index (χ0) is 17.6. The summed E-state index contributed by atoms with van der Waals surface area (Å²) in [5.74, 6) is -0.496. The maximum absolute atomic E-state index is 12.5. The van der Waals surface area contributed by atoms with Crippen molar-refractivity contribution in [2.45, 2.75) is 6.04 Å². The second-order valence-electron chi connectivity index (χ2n) is 5.44. The van der Waals surface area contributed by atoms with E-state index in [1.807, 2.05) is 0 Å². The molecule has 2 aliphatic heterocycles. The molecule has 1 atom stereocenters. The van der Waals surface area contributed by atoms with Crippen molar-refractivity contribution in [3.63, 3.8) is 0 Å². The van der Waals surface area contributed by atoms with Crippen LogP contribution in [0.5, 0.6) is 0 Å². The standard InChI is InChI=1S/C15H13Cl2N4O3/c1-19-12-11(13(23)20(2)15(19)24)21(14(17)18-12)7-10(22)8-3-5-9(16)6-4-8/h3-6,11H,7H2,1-2H3/q+1. The number of rotatable bonds is 3. The summed E-state index contributed by atoms with van der Waals surface area (Å²) in [6.45, 7) is -0.139. The summed E-state index contributed by atoms with van der Waals surface area (Å²) >= 11 is 11.9. The molecule has 0 aliphatic carbocycles. The predicted molar refractivity (Wildman–Crippen MR) is 88.9 cm³/mol. The molecule has 2 aliphatic rings. The molecule has 1 fully saturated rings. The lowest BCUT2D eigenvalue weighted by Gasteiger charge is -2.30. The maximum Gasteiger partial charge on any atom is 0.394 e. The van der Waals surface area contributed by atoms with Crippen LogP contribution in [0.3, 0.4) is 0 Å². The van der Waals surface area contributed by atoms with Crippen LogP contribution in [0.2, 0.25) is 5.02 Å². The first-order chi connectivity index (χ1) is 11.3. The number of nitrogens with zero attached hydrogens (tertiary/aromatic N) is 4. The SMILES string of the molecule is CN1C(=O)C2C(=NC(Cl)=[N+]2CC(=O)c2ccc(Cl)cc2)N(C)C1=O. The Morgan fingerprint density at radius 1 is 1.17 bits per heavy atom. The van der Waals surface area contributed by atoms with Crippen LogP contribution in [-0.4, -0.2) is 69.9 Å². The summed E-state index contributed by atoms with van der Waals surface area (Å²) < 4.78 is 1.38. The van der Waals surface area contributed by atoms with Gasteiger partial charge in [-0.25, -0.2) is 9.37 Å². The van der Waals surface area contributed by atoms with Crippen LogP contribution < -0.4 is 0 Å². The Labute approximate surface area is 147 Å². The average Bonchev–Trinajstić information content (AvgIpc) is 2.88. The number of amides is 3. The molecule has 1 aromatic rings. The van der Waals surface area contributed by atoms with Gasteiger partial charge in [0.1, 0.15) is 0 Å². The average molecular weight is 368 g/mol. The Hall–Kier alpha value is -2.25. The lowest BCUT2D eigenvalue weighted by molar-refractivity contribution is -0.520. The monoisotopic (exact) mass is 367 g/mol. The minimum absolute atomic E-state index is 0.000568. The highest BCUT2D eigenvalue weighted by Crippen LogP contribution is 2.20.